The van der Waals surface area contributed by atoms with Gasteiger partial charge in [-0.2, -0.15) is 0 Å². The van der Waals surface area contributed by atoms with E-state index in [0.29, 0.717) is 5.02 Å². The van der Waals surface area contributed by atoms with E-state index in [1.807, 2.05) is 18.2 Å². The lowest BCUT2D eigenvalue weighted by atomic mass is 10.0. The summed E-state index contributed by atoms with van der Waals surface area (Å²) < 4.78 is 5.88. The molecule has 1 unspecified atom stereocenters. The topological polar surface area (TPSA) is 35.2 Å². The van der Waals surface area contributed by atoms with Crippen molar-refractivity contribution in [1.29, 1.82) is 0 Å². The molecule has 1 aromatic carbocycles. The summed E-state index contributed by atoms with van der Waals surface area (Å²) in [6, 6.07) is 5.84. The fourth-order valence-corrected chi connectivity index (χ4v) is 1.87. The normalized spacial score (nSPS) is 12.8. The third-order valence-corrected chi connectivity index (χ3v) is 3.45. The average molecular weight is 293 g/mol. The maximum Gasteiger partial charge on any atom is 0.0548 e. The van der Waals surface area contributed by atoms with Gasteiger partial charge in [0, 0.05) is 24.2 Å². The summed E-state index contributed by atoms with van der Waals surface area (Å²) >= 11 is 9.29. The number of rotatable bonds is 5. The molecule has 0 aliphatic heterocycles. The second-order valence-corrected chi connectivity index (χ2v) is 4.68. The molecule has 0 fully saturated rings. The molecule has 0 heterocycles. The van der Waals surface area contributed by atoms with Gasteiger partial charge >= 0.3 is 0 Å². The Morgan fingerprint density at radius 1 is 1.53 bits per heavy atom. The SMILES string of the molecule is COCCCC(N)c1ccc(Cl)c(Br)c1. The summed E-state index contributed by atoms with van der Waals surface area (Å²) in [6.07, 6.45) is 1.89. The molecule has 0 radical (unpaired) electrons. The fraction of sp³-hybridized carbons (Fsp3) is 0.455. The highest BCUT2D eigenvalue weighted by atomic mass is 79.9. The lowest BCUT2D eigenvalue weighted by Crippen LogP contribution is -2.11. The van der Waals surface area contributed by atoms with Crippen molar-refractivity contribution in [3.8, 4) is 0 Å². The fourth-order valence-electron chi connectivity index (χ4n) is 1.36. The standard InChI is InChI=1S/C11H15BrClNO/c1-15-6-2-3-11(14)8-4-5-10(13)9(12)7-8/h4-5,7,11H,2-3,6,14H2,1H3. The van der Waals surface area contributed by atoms with Crippen molar-refractivity contribution in [2.24, 2.45) is 5.73 Å². The highest BCUT2D eigenvalue weighted by Crippen LogP contribution is 2.26. The molecule has 1 aromatic rings. The van der Waals surface area contributed by atoms with E-state index in [-0.39, 0.29) is 6.04 Å². The second kappa shape index (κ2) is 6.48. The van der Waals surface area contributed by atoms with Crippen LogP contribution in [0, 0.1) is 0 Å². The molecular weight excluding hydrogens is 277 g/mol. The minimum absolute atomic E-state index is 0.0497. The molecule has 1 rings (SSSR count). The van der Waals surface area contributed by atoms with E-state index in [1.54, 1.807) is 7.11 Å². The zero-order chi connectivity index (χ0) is 11.3. The molecule has 84 valence electrons. The van der Waals surface area contributed by atoms with E-state index in [9.17, 15) is 0 Å². The van der Waals surface area contributed by atoms with Gasteiger partial charge < -0.3 is 10.5 Å². The number of nitrogens with two attached hydrogens (primary N) is 1. The Labute approximate surface area is 104 Å². The third-order valence-electron chi connectivity index (χ3n) is 2.24. The van der Waals surface area contributed by atoms with E-state index in [1.165, 1.54) is 0 Å². The van der Waals surface area contributed by atoms with Crippen LogP contribution in [0.1, 0.15) is 24.4 Å². The van der Waals surface area contributed by atoms with Crippen LogP contribution in [0.2, 0.25) is 5.02 Å². The molecule has 0 spiro atoms. The Morgan fingerprint density at radius 2 is 2.27 bits per heavy atom. The largest absolute Gasteiger partial charge is 0.385 e. The Balaban J connectivity index is 2.57. The van der Waals surface area contributed by atoms with Crippen LogP contribution >= 0.6 is 27.5 Å². The summed E-state index contributed by atoms with van der Waals surface area (Å²) in [5.74, 6) is 0. The van der Waals surface area contributed by atoms with Crippen LogP contribution in [-0.2, 0) is 4.74 Å². The molecule has 0 saturated heterocycles. The van der Waals surface area contributed by atoms with E-state index in [0.717, 1.165) is 29.5 Å². The number of hydrogen-bond donors (Lipinski definition) is 1. The van der Waals surface area contributed by atoms with E-state index in [4.69, 9.17) is 22.1 Å². The maximum absolute atomic E-state index is 6.04. The van der Waals surface area contributed by atoms with Gasteiger partial charge in [0.1, 0.15) is 0 Å². The minimum Gasteiger partial charge on any atom is -0.385 e. The van der Waals surface area contributed by atoms with E-state index >= 15 is 0 Å². The van der Waals surface area contributed by atoms with Crippen LogP contribution in [0.5, 0.6) is 0 Å². The minimum atomic E-state index is 0.0497. The molecule has 4 heteroatoms. The van der Waals surface area contributed by atoms with E-state index in [2.05, 4.69) is 15.9 Å². The molecule has 2 N–H and O–H groups in total. The number of ether oxygens (including phenoxy) is 1. The van der Waals surface area contributed by atoms with Crippen molar-refractivity contribution in [3.05, 3.63) is 33.3 Å². The van der Waals surface area contributed by atoms with Crippen LogP contribution in [0.15, 0.2) is 22.7 Å². The van der Waals surface area contributed by atoms with Crippen molar-refractivity contribution >= 4 is 27.5 Å². The Kier molecular flexibility index (Phi) is 5.61. The summed E-state index contributed by atoms with van der Waals surface area (Å²) in [4.78, 5) is 0. The third kappa shape index (κ3) is 4.11. The number of hydrogen-bond acceptors (Lipinski definition) is 2. The van der Waals surface area contributed by atoms with Crippen molar-refractivity contribution in [1.82, 2.24) is 0 Å². The zero-order valence-corrected chi connectivity index (χ0v) is 11.0. The quantitative estimate of drug-likeness (QED) is 0.843. The smallest absolute Gasteiger partial charge is 0.0548 e. The van der Waals surface area contributed by atoms with Gasteiger partial charge in [-0.05, 0) is 46.5 Å². The predicted octanol–water partition coefficient (Wildman–Crippen LogP) is 3.53. The Hall–Kier alpha value is -0.0900. The molecule has 2 nitrogen and oxygen atoms in total. The van der Waals surface area contributed by atoms with Gasteiger partial charge in [-0.3, -0.25) is 0 Å². The number of halogens is 2. The lowest BCUT2D eigenvalue weighted by Gasteiger charge is -2.12. The first kappa shape index (κ1) is 13.0. The lowest BCUT2D eigenvalue weighted by molar-refractivity contribution is 0.190. The predicted molar refractivity (Wildman–Crippen MR) is 67.2 cm³/mol. The van der Waals surface area contributed by atoms with Gasteiger partial charge in [0.15, 0.2) is 0 Å². The van der Waals surface area contributed by atoms with Gasteiger partial charge in [0.25, 0.3) is 0 Å². The highest BCUT2D eigenvalue weighted by molar-refractivity contribution is 9.10. The van der Waals surface area contributed by atoms with Gasteiger partial charge in [0.2, 0.25) is 0 Å². The molecule has 0 aromatic heterocycles. The highest BCUT2D eigenvalue weighted by Gasteiger charge is 2.07. The Morgan fingerprint density at radius 3 is 2.87 bits per heavy atom. The van der Waals surface area contributed by atoms with Gasteiger partial charge in [-0.25, -0.2) is 0 Å². The zero-order valence-electron chi connectivity index (χ0n) is 8.67. The summed E-state index contributed by atoms with van der Waals surface area (Å²) in [6.45, 7) is 0.752. The van der Waals surface area contributed by atoms with Gasteiger partial charge in [-0.1, -0.05) is 17.7 Å². The van der Waals surface area contributed by atoms with Gasteiger partial charge in [0.05, 0.1) is 5.02 Å². The van der Waals surface area contributed by atoms with Crippen LogP contribution in [0.3, 0.4) is 0 Å². The van der Waals surface area contributed by atoms with Crippen LogP contribution in [0.25, 0.3) is 0 Å². The van der Waals surface area contributed by atoms with Crippen molar-refractivity contribution in [2.75, 3.05) is 13.7 Å². The van der Waals surface area contributed by atoms with Crippen LogP contribution < -0.4 is 5.73 Å². The first-order valence-electron chi connectivity index (χ1n) is 4.84. The summed E-state index contributed by atoms with van der Waals surface area (Å²) in [7, 11) is 1.70. The molecule has 0 aliphatic carbocycles. The molecular formula is C11H15BrClNO. The molecule has 0 aliphatic rings. The molecule has 0 bridgehead atoms. The second-order valence-electron chi connectivity index (χ2n) is 3.42. The molecule has 0 amide bonds. The molecule has 1 atom stereocenters. The Bertz CT molecular complexity index is 319. The molecule has 15 heavy (non-hydrogen) atoms. The summed E-state index contributed by atoms with van der Waals surface area (Å²) in [5.41, 5.74) is 7.13. The van der Waals surface area contributed by atoms with Crippen molar-refractivity contribution in [3.63, 3.8) is 0 Å². The summed E-state index contributed by atoms with van der Waals surface area (Å²) in [5, 5.41) is 0.711. The number of benzene rings is 1. The molecule has 0 saturated carbocycles. The van der Waals surface area contributed by atoms with Crippen LogP contribution in [-0.4, -0.2) is 13.7 Å². The first-order valence-corrected chi connectivity index (χ1v) is 6.01. The average Bonchev–Trinajstić information content (AvgIpc) is 2.22. The van der Waals surface area contributed by atoms with Crippen molar-refractivity contribution < 1.29 is 4.74 Å². The van der Waals surface area contributed by atoms with Crippen LogP contribution in [0.4, 0.5) is 0 Å². The van der Waals surface area contributed by atoms with E-state index < -0.39 is 0 Å². The monoisotopic (exact) mass is 291 g/mol. The first-order chi connectivity index (χ1) is 7.15. The maximum atomic E-state index is 6.04. The van der Waals surface area contributed by atoms with Gasteiger partial charge in [-0.15, -0.1) is 0 Å². The number of methoxy groups -OCH3 is 1. The van der Waals surface area contributed by atoms with Crippen molar-refractivity contribution in [2.45, 2.75) is 18.9 Å².